The third-order valence-electron chi connectivity index (χ3n) is 4.33. The molecule has 1 amide bonds. The number of carbonyl (C=O) groups is 1. The minimum absolute atomic E-state index is 0.0760. The Hall–Kier alpha value is -3.15. The Bertz CT molecular complexity index is 873. The van der Waals surface area contributed by atoms with Crippen molar-refractivity contribution >= 4 is 5.91 Å². The molecule has 6 heteroatoms. The number of carbonyl (C=O) groups excluding carboxylic acids is 1. The van der Waals surface area contributed by atoms with Gasteiger partial charge in [0.15, 0.2) is 0 Å². The van der Waals surface area contributed by atoms with Crippen LogP contribution in [0.25, 0.3) is 5.82 Å². The van der Waals surface area contributed by atoms with Crippen molar-refractivity contribution in [3.05, 3.63) is 71.9 Å². The molecule has 0 bridgehead atoms. The van der Waals surface area contributed by atoms with Crippen LogP contribution in [0.15, 0.2) is 55.2 Å². The van der Waals surface area contributed by atoms with Crippen molar-refractivity contribution in [2.24, 2.45) is 0 Å². The fourth-order valence-corrected chi connectivity index (χ4v) is 3.09. The molecule has 6 nitrogen and oxygen atoms in total. The summed E-state index contributed by atoms with van der Waals surface area (Å²) in [5.74, 6) is 0.844. The summed E-state index contributed by atoms with van der Waals surface area (Å²) in [6.45, 7) is 0. The number of aromatic nitrogens is 3. The number of fused-ring (bicyclic) bond motifs is 1. The summed E-state index contributed by atoms with van der Waals surface area (Å²) in [5, 5.41) is 12.9. The molecular weight excluding hydrogens is 304 g/mol. The first-order chi connectivity index (χ1) is 11.7. The number of benzene rings is 1. The summed E-state index contributed by atoms with van der Waals surface area (Å²) >= 11 is 0. The lowest BCUT2D eigenvalue weighted by atomic mass is 10.1. The molecule has 1 aliphatic rings. The lowest BCUT2D eigenvalue weighted by Crippen LogP contribution is -2.27. The van der Waals surface area contributed by atoms with Gasteiger partial charge in [0.2, 0.25) is 0 Å². The average Bonchev–Trinajstić information content (AvgIpc) is 3.26. The van der Waals surface area contributed by atoms with Gasteiger partial charge in [-0.1, -0.05) is 12.1 Å². The van der Waals surface area contributed by atoms with E-state index in [1.165, 1.54) is 0 Å². The first-order valence-electron chi connectivity index (χ1n) is 7.78. The molecule has 2 heterocycles. The second-order valence-corrected chi connectivity index (χ2v) is 5.78. The summed E-state index contributed by atoms with van der Waals surface area (Å²) in [6.07, 6.45) is 8.25. The van der Waals surface area contributed by atoms with Crippen LogP contribution >= 0.6 is 0 Å². The third-order valence-corrected chi connectivity index (χ3v) is 4.33. The first-order valence-corrected chi connectivity index (χ1v) is 7.78. The van der Waals surface area contributed by atoms with Gasteiger partial charge in [-0.15, -0.1) is 0 Å². The molecule has 2 aromatic heterocycles. The number of imidazole rings is 1. The monoisotopic (exact) mass is 320 g/mol. The molecule has 1 unspecified atom stereocenters. The number of amides is 1. The lowest BCUT2D eigenvalue weighted by Gasteiger charge is -2.14. The fraction of sp³-hybridized carbons (Fsp3) is 0.167. The van der Waals surface area contributed by atoms with Crippen LogP contribution < -0.4 is 5.32 Å². The molecule has 0 aliphatic heterocycles. The van der Waals surface area contributed by atoms with Crippen LogP contribution in [0.1, 0.15) is 33.9 Å². The van der Waals surface area contributed by atoms with Crippen molar-refractivity contribution in [1.82, 2.24) is 19.9 Å². The highest BCUT2D eigenvalue weighted by Gasteiger charge is 2.26. The second kappa shape index (κ2) is 5.81. The predicted molar refractivity (Wildman–Crippen MR) is 88.0 cm³/mol. The smallest absolute Gasteiger partial charge is 0.253 e. The molecule has 1 aromatic carbocycles. The van der Waals surface area contributed by atoms with E-state index in [9.17, 15) is 9.90 Å². The Morgan fingerprint density at radius 1 is 1.29 bits per heavy atom. The van der Waals surface area contributed by atoms with Gasteiger partial charge in [-0.25, -0.2) is 9.97 Å². The van der Waals surface area contributed by atoms with Crippen LogP contribution in [-0.4, -0.2) is 25.5 Å². The minimum atomic E-state index is -0.166. The molecule has 0 saturated carbocycles. The number of hydrogen-bond donors (Lipinski definition) is 2. The number of nitrogens with one attached hydrogen (secondary N) is 1. The van der Waals surface area contributed by atoms with Gasteiger partial charge in [0.1, 0.15) is 17.9 Å². The van der Waals surface area contributed by atoms with E-state index in [-0.39, 0.29) is 11.9 Å². The molecule has 0 saturated heterocycles. The van der Waals surface area contributed by atoms with Crippen LogP contribution in [-0.2, 0) is 6.42 Å². The maximum absolute atomic E-state index is 12.5. The van der Waals surface area contributed by atoms with Gasteiger partial charge in [-0.05, 0) is 42.2 Å². The Morgan fingerprint density at radius 3 is 2.96 bits per heavy atom. The summed E-state index contributed by atoms with van der Waals surface area (Å²) < 4.78 is 1.78. The van der Waals surface area contributed by atoms with Gasteiger partial charge in [-0.3, -0.25) is 9.36 Å². The molecule has 1 atom stereocenters. The number of phenolic OH excluding ortho intramolecular Hbond substituents is 1. The fourth-order valence-electron chi connectivity index (χ4n) is 3.09. The highest BCUT2D eigenvalue weighted by atomic mass is 16.3. The molecule has 2 N–H and O–H groups in total. The van der Waals surface area contributed by atoms with E-state index in [4.69, 9.17) is 0 Å². The Kier molecular flexibility index (Phi) is 3.49. The maximum atomic E-state index is 12.5. The molecule has 0 spiro atoms. The maximum Gasteiger partial charge on any atom is 0.253 e. The molecule has 0 fully saturated rings. The van der Waals surface area contributed by atoms with E-state index in [0.29, 0.717) is 17.1 Å². The highest BCUT2D eigenvalue weighted by molar-refractivity contribution is 5.94. The van der Waals surface area contributed by atoms with Gasteiger partial charge in [0, 0.05) is 18.6 Å². The molecule has 3 aromatic rings. The standard InChI is InChI=1S/C18H16N4O2/c23-16-3-1-2-13-14(16)5-6-15(13)21-18(24)12-4-7-17(20-10-12)22-9-8-19-11-22/h1-4,7-11,15,23H,5-6H2,(H,21,24). The van der Waals surface area contributed by atoms with Gasteiger partial charge < -0.3 is 10.4 Å². The van der Waals surface area contributed by atoms with Crippen molar-refractivity contribution in [3.8, 4) is 11.6 Å². The Labute approximate surface area is 138 Å². The number of nitrogens with zero attached hydrogens (tertiary/aromatic N) is 3. The topological polar surface area (TPSA) is 80.0 Å². The van der Waals surface area contributed by atoms with Crippen LogP contribution in [0.3, 0.4) is 0 Å². The zero-order valence-electron chi connectivity index (χ0n) is 12.9. The summed E-state index contributed by atoms with van der Waals surface area (Å²) in [7, 11) is 0. The first kappa shape index (κ1) is 14.4. The number of rotatable bonds is 3. The molecule has 1 aliphatic carbocycles. The van der Waals surface area contributed by atoms with Gasteiger partial charge in [0.25, 0.3) is 5.91 Å². The van der Waals surface area contributed by atoms with E-state index < -0.39 is 0 Å². The number of phenols is 1. The summed E-state index contributed by atoms with van der Waals surface area (Å²) in [5.41, 5.74) is 2.43. The van der Waals surface area contributed by atoms with Crippen LogP contribution in [0.2, 0.25) is 0 Å². The molecule has 4 rings (SSSR count). The predicted octanol–water partition coefficient (Wildman–Crippen LogP) is 2.39. The minimum Gasteiger partial charge on any atom is -0.508 e. The third kappa shape index (κ3) is 2.52. The van der Waals surface area contributed by atoms with E-state index in [0.717, 1.165) is 24.0 Å². The molecule has 0 radical (unpaired) electrons. The van der Waals surface area contributed by atoms with Crippen molar-refractivity contribution in [2.75, 3.05) is 0 Å². The van der Waals surface area contributed by atoms with Gasteiger partial charge in [-0.2, -0.15) is 0 Å². The van der Waals surface area contributed by atoms with Crippen LogP contribution in [0.4, 0.5) is 0 Å². The zero-order valence-corrected chi connectivity index (χ0v) is 12.9. The molecule has 120 valence electrons. The number of hydrogen-bond acceptors (Lipinski definition) is 4. The van der Waals surface area contributed by atoms with Crippen molar-refractivity contribution in [2.45, 2.75) is 18.9 Å². The quantitative estimate of drug-likeness (QED) is 0.776. The zero-order chi connectivity index (χ0) is 16.5. The normalized spacial score (nSPS) is 15.9. The van der Waals surface area contributed by atoms with Gasteiger partial charge in [0.05, 0.1) is 11.6 Å². The summed E-state index contributed by atoms with van der Waals surface area (Å²) in [6, 6.07) is 8.89. The summed E-state index contributed by atoms with van der Waals surface area (Å²) in [4.78, 5) is 20.7. The van der Waals surface area contributed by atoms with E-state index >= 15 is 0 Å². The van der Waals surface area contributed by atoms with Crippen molar-refractivity contribution < 1.29 is 9.90 Å². The number of aromatic hydroxyl groups is 1. The van der Waals surface area contributed by atoms with Gasteiger partial charge >= 0.3 is 0 Å². The molecule has 24 heavy (non-hydrogen) atoms. The van der Waals surface area contributed by atoms with Crippen LogP contribution in [0.5, 0.6) is 5.75 Å². The lowest BCUT2D eigenvalue weighted by molar-refractivity contribution is 0.0936. The van der Waals surface area contributed by atoms with E-state index in [2.05, 4.69) is 15.3 Å². The SMILES string of the molecule is O=C(NC1CCc2c(O)cccc21)c1ccc(-n2ccnc2)nc1. The van der Waals surface area contributed by atoms with Crippen molar-refractivity contribution in [1.29, 1.82) is 0 Å². The largest absolute Gasteiger partial charge is 0.508 e. The Balaban J connectivity index is 1.51. The van der Waals surface area contributed by atoms with Crippen LogP contribution in [0, 0.1) is 0 Å². The number of pyridine rings is 1. The van der Waals surface area contributed by atoms with E-state index in [1.54, 1.807) is 53.8 Å². The van der Waals surface area contributed by atoms with E-state index in [1.807, 2.05) is 6.07 Å². The Morgan fingerprint density at radius 2 is 2.21 bits per heavy atom. The second-order valence-electron chi connectivity index (χ2n) is 5.78. The average molecular weight is 320 g/mol. The highest BCUT2D eigenvalue weighted by Crippen LogP contribution is 2.36. The van der Waals surface area contributed by atoms with Crippen molar-refractivity contribution in [3.63, 3.8) is 0 Å². The molecular formula is C18H16N4O2.